The summed E-state index contributed by atoms with van der Waals surface area (Å²) in [5.41, 5.74) is 0. The van der Waals surface area contributed by atoms with E-state index < -0.39 is 18.3 Å². The van der Waals surface area contributed by atoms with Gasteiger partial charge in [0.2, 0.25) is 0 Å². The van der Waals surface area contributed by atoms with Crippen molar-refractivity contribution in [3.05, 3.63) is 12.7 Å². The summed E-state index contributed by atoms with van der Waals surface area (Å²) >= 11 is 0. The summed E-state index contributed by atoms with van der Waals surface area (Å²) in [6.07, 6.45) is -10.1. The second-order valence-electron chi connectivity index (χ2n) is 1.78. The van der Waals surface area contributed by atoms with Crippen molar-refractivity contribution in [2.75, 3.05) is 0 Å². The van der Waals surface area contributed by atoms with Crippen molar-refractivity contribution in [2.24, 2.45) is 0 Å². The van der Waals surface area contributed by atoms with Crippen LogP contribution in [0.15, 0.2) is 12.7 Å². The van der Waals surface area contributed by atoms with E-state index in [1.54, 1.807) is 0 Å². The van der Waals surface area contributed by atoms with Gasteiger partial charge in [-0.2, -0.15) is 22.0 Å². The maximum Gasteiger partial charge on any atom is 0.426 e. The van der Waals surface area contributed by atoms with Crippen LogP contribution in [0.5, 0.6) is 0 Å². The second-order valence-corrected chi connectivity index (χ2v) is 1.78. The van der Waals surface area contributed by atoms with E-state index in [0.29, 0.717) is 0 Å². The third-order valence-corrected chi connectivity index (χ3v) is 0.897. The molecule has 0 saturated heterocycles. The van der Waals surface area contributed by atoms with E-state index in [4.69, 9.17) is 0 Å². The molecule has 0 amide bonds. The zero-order valence-corrected chi connectivity index (χ0v) is 5.13. The van der Waals surface area contributed by atoms with Gasteiger partial charge in [0, 0.05) is 0 Å². The fourth-order valence-corrected chi connectivity index (χ4v) is 0.322. The molecule has 0 bridgehead atoms. The molecule has 0 saturated carbocycles. The lowest BCUT2D eigenvalue weighted by Gasteiger charge is -2.18. The molecule has 0 nitrogen and oxygen atoms in total. The molecule has 0 aliphatic heterocycles. The van der Waals surface area contributed by atoms with Crippen LogP contribution in [-0.4, -0.2) is 18.3 Å². The molecular formula is C5H4F6. The van der Waals surface area contributed by atoms with Gasteiger partial charge in [-0.05, 0) is 6.08 Å². The molecule has 0 fully saturated rings. The van der Waals surface area contributed by atoms with E-state index in [-0.39, 0.29) is 6.08 Å². The first-order chi connectivity index (χ1) is 4.72. The quantitative estimate of drug-likeness (QED) is 0.450. The Bertz CT molecular complexity index is 146. The Labute approximate surface area is 58.5 Å². The molecule has 0 radical (unpaired) electrons. The van der Waals surface area contributed by atoms with E-state index >= 15 is 0 Å². The fourth-order valence-electron chi connectivity index (χ4n) is 0.322. The van der Waals surface area contributed by atoms with Crippen LogP contribution in [-0.2, 0) is 0 Å². The monoisotopic (exact) mass is 178 g/mol. The number of hydrogen-bond acceptors (Lipinski definition) is 0. The predicted octanol–water partition coefficient (Wildman–Crippen LogP) is 2.71. The molecule has 0 N–H and O–H groups in total. The third kappa shape index (κ3) is 2.44. The first-order valence-electron chi connectivity index (χ1n) is 2.44. The van der Waals surface area contributed by atoms with Crippen LogP contribution in [0.25, 0.3) is 0 Å². The number of hydrogen-bond donors (Lipinski definition) is 0. The first kappa shape index (κ1) is 10.3. The van der Waals surface area contributed by atoms with E-state index in [2.05, 4.69) is 6.58 Å². The minimum atomic E-state index is -5.54. The molecule has 1 atom stereocenters. The summed E-state index contributed by atoms with van der Waals surface area (Å²) in [4.78, 5) is 0. The lowest BCUT2D eigenvalue weighted by molar-refractivity contribution is -0.230. The lowest BCUT2D eigenvalue weighted by atomic mass is 10.2. The summed E-state index contributed by atoms with van der Waals surface area (Å²) in [7, 11) is 0. The van der Waals surface area contributed by atoms with Gasteiger partial charge >= 0.3 is 12.1 Å². The smallest absolute Gasteiger partial charge is 0.230 e. The van der Waals surface area contributed by atoms with Crippen LogP contribution in [0.2, 0.25) is 0 Å². The van der Waals surface area contributed by atoms with Gasteiger partial charge in [0.1, 0.15) is 0 Å². The minimum Gasteiger partial charge on any atom is -0.230 e. The highest BCUT2D eigenvalue weighted by Gasteiger charge is 2.54. The summed E-state index contributed by atoms with van der Waals surface area (Å²) in [5, 5.41) is 0. The molecule has 6 heteroatoms. The Morgan fingerprint density at radius 2 is 1.45 bits per heavy atom. The van der Waals surface area contributed by atoms with Gasteiger partial charge in [0.05, 0.1) is 0 Å². The van der Waals surface area contributed by atoms with E-state index in [0.717, 1.165) is 0 Å². The first-order valence-corrected chi connectivity index (χ1v) is 2.44. The molecular weight excluding hydrogens is 174 g/mol. The summed E-state index contributed by atoms with van der Waals surface area (Å²) < 4.78 is 69.1. The third-order valence-electron chi connectivity index (χ3n) is 0.897. The van der Waals surface area contributed by atoms with E-state index in [1.165, 1.54) is 0 Å². The van der Waals surface area contributed by atoms with Gasteiger partial charge in [-0.1, -0.05) is 6.58 Å². The molecule has 0 aromatic carbocycles. The van der Waals surface area contributed by atoms with Gasteiger partial charge < -0.3 is 0 Å². The zero-order valence-electron chi connectivity index (χ0n) is 5.13. The van der Waals surface area contributed by atoms with Crippen molar-refractivity contribution in [1.82, 2.24) is 0 Å². The molecule has 0 aliphatic carbocycles. The Hall–Kier alpha value is -0.680. The highest BCUT2D eigenvalue weighted by Crippen LogP contribution is 2.35. The summed E-state index contributed by atoms with van der Waals surface area (Å²) in [6.45, 7) is 2.38. The number of halogens is 6. The van der Waals surface area contributed by atoms with Crippen molar-refractivity contribution in [1.29, 1.82) is 0 Å². The molecule has 0 rings (SSSR count). The normalized spacial score (nSPS) is 16.2. The van der Waals surface area contributed by atoms with Crippen LogP contribution in [0.3, 0.4) is 0 Å². The van der Waals surface area contributed by atoms with Crippen molar-refractivity contribution in [2.45, 2.75) is 18.3 Å². The Balaban J connectivity index is 4.48. The molecule has 0 aromatic heterocycles. The number of allylic oxidation sites excluding steroid dienone is 1. The molecule has 0 aromatic rings. The van der Waals surface area contributed by atoms with Crippen molar-refractivity contribution < 1.29 is 26.3 Å². The van der Waals surface area contributed by atoms with Crippen LogP contribution < -0.4 is 0 Å². The van der Waals surface area contributed by atoms with Gasteiger partial charge in [-0.25, -0.2) is 4.39 Å². The van der Waals surface area contributed by atoms with Gasteiger partial charge in [-0.15, -0.1) is 0 Å². The highest BCUT2D eigenvalue weighted by atomic mass is 19.4. The Morgan fingerprint density at radius 3 is 1.55 bits per heavy atom. The second kappa shape index (κ2) is 2.75. The van der Waals surface area contributed by atoms with Crippen molar-refractivity contribution in [3.63, 3.8) is 0 Å². The molecule has 0 heterocycles. The Morgan fingerprint density at radius 1 is 1.09 bits per heavy atom. The largest absolute Gasteiger partial charge is 0.426 e. The zero-order chi connectivity index (χ0) is 9.28. The standard InChI is InChI=1S/C5H4F6/c1-2-4(7,8)3(6)5(9,10)11/h2-3H,1H2/t3-/m0/s1. The van der Waals surface area contributed by atoms with Crippen LogP contribution in [0.1, 0.15) is 0 Å². The van der Waals surface area contributed by atoms with Crippen LogP contribution in [0, 0.1) is 0 Å². The molecule has 0 aliphatic rings. The average molecular weight is 178 g/mol. The van der Waals surface area contributed by atoms with Crippen LogP contribution >= 0.6 is 0 Å². The molecule has 0 spiro atoms. The van der Waals surface area contributed by atoms with Crippen molar-refractivity contribution in [3.8, 4) is 0 Å². The Kier molecular flexibility index (Phi) is 2.58. The SMILES string of the molecule is C=CC(F)(F)[C@H](F)C(F)(F)F. The van der Waals surface area contributed by atoms with Gasteiger partial charge in [0.15, 0.2) is 0 Å². The van der Waals surface area contributed by atoms with Gasteiger partial charge in [-0.3, -0.25) is 0 Å². The van der Waals surface area contributed by atoms with E-state index in [1.807, 2.05) is 0 Å². The topological polar surface area (TPSA) is 0 Å². The minimum absolute atomic E-state index is 0.370. The van der Waals surface area contributed by atoms with E-state index in [9.17, 15) is 26.3 Å². The number of alkyl halides is 6. The maximum absolute atomic E-state index is 11.8. The fraction of sp³-hybridized carbons (Fsp3) is 0.600. The summed E-state index contributed by atoms with van der Waals surface area (Å²) in [5.74, 6) is -4.54. The summed E-state index contributed by atoms with van der Waals surface area (Å²) in [6, 6.07) is 0. The highest BCUT2D eigenvalue weighted by molar-refractivity contribution is 4.96. The van der Waals surface area contributed by atoms with Crippen LogP contribution in [0.4, 0.5) is 26.3 Å². The molecule has 11 heavy (non-hydrogen) atoms. The average Bonchev–Trinajstić information content (AvgIpc) is 1.84. The molecule has 66 valence electrons. The van der Waals surface area contributed by atoms with Crippen molar-refractivity contribution >= 4 is 0 Å². The number of rotatable bonds is 2. The maximum atomic E-state index is 11.8. The van der Waals surface area contributed by atoms with Gasteiger partial charge in [0.25, 0.3) is 6.17 Å². The predicted molar refractivity (Wildman–Crippen MR) is 26.1 cm³/mol. The lowest BCUT2D eigenvalue weighted by Crippen LogP contribution is -2.39. The molecule has 0 unspecified atom stereocenters.